The molecule has 7 rings (SSSR count). The van der Waals surface area contributed by atoms with Crippen LogP contribution in [0.15, 0.2) is 85.3 Å². The van der Waals surface area contributed by atoms with E-state index in [4.69, 9.17) is 14.2 Å². The summed E-state index contributed by atoms with van der Waals surface area (Å²) in [6, 6.07) is 17.7. The fraction of sp³-hybridized carbons (Fsp3) is 0.378. The minimum absolute atomic E-state index is 0.0934. The number of para-hydroxylation sites is 1. The lowest BCUT2D eigenvalue weighted by Crippen LogP contribution is -2.51. The molecule has 0 radical (unpaired) electrons. The Bertz CT molecular complexity index is 2570. The summed E-state index contributed by atoms with van der Waals surface area (Å²) < 4.78 is 19.4. The lowest BCUT2D eigenvalue weighted by Gasteiger charge is -2.35. The smallest absolute Gasteiger partial charge is 0.410 e. The van der Waals surface area contributed by atoms with Gasteiger partial charge in [0.05, 0.1) is 19.5 Å². The average Bonchev–Trinajstić information content (AvgIpc) is 4.02. The molecule has 0 bridgehead atoms. The second-order valence-electron chi connectivity index (χ2n) is 17.2. The summed E-state index contributed by atoms with van der Waals surface area (Å²) in [5, 5.41) is 28.5. The number of esters is 2. The summed E-state index contributed by atoms with van der Waals surface area (Å²) >= 11 is 0. The van der Waals surface area contributed by atoms with Gasteiger partial charge in [0, 0.05) is 72.8 Å². The maximum absolute atomic E-state index is 14.3. The first-order valence-corrected chi connectivity index (χ1v) is 20.3. The number of benzene rings is 3. The Kier molecular flexibility index (Phi) is 12.2. The second-order valence-corrected chi connectivity index (χ2v) is 17.2. The fourth-order valence-electron chi connectivity index (χ4n) is 7.21. The number of nitrogens with one attached hydrogen (secondary N) is 1. The molecule has 3 aromatic carbocycles. The monoisotopic (exact) mass is 845 g/mol. The van der Waals surface area contributed by atoms with E-state index in [-0.39, 0.29) is 50.7 Å². The third-order valence-corrected chi connectivity index (χ3v) is 10.3. The topological polar surface area (TPSA) is 200 Å². The van der Waals surface area contributed by atoms with Crippen molar-refractivity contribution in [1.29, 1.82) is 0 Å². The third kappa shape index (κ3) is 10.1. The molecule has 324 valence electrons. The predicted molar refractivity (Wildman–Crippen MR) is 228 cm³/mol. The van der Waals surface area contributed by atoms with Crippen molar-refractivity contribution in [3.8, 4) is 28.3 Å². The van der Waals surface area contributed by atoms with Crippen LogP contribution in [0.1, 0.15) is 75.1 Å². The van der Waals surface area contributed by atoms with Crippen molar-refractivity contribution in [2.75, 3.05) is 33.3 Å². The molecule has 17 heteroatoms. The van der Waals surface area contributed by atoms with E-state index in [0.717, 1.165) is 22.0 Å². The zero-order valence-corrected chi connectivity index (χ0v) is 35.9. The Morgan fingerprint density at radius 2 is 1.29 bits per heavy atom. The van der Waals surface area contributed by atoms with Gasteiger partial charge in [0.15, 0.2) is 12.1 Å². The van der Waals surface area contributed by atoms with Crippen LogP contribution in [0.2, 0.25) is 0 Å². The van der Waals surface area contributed by atoms with E-state index in [2.05, 4.69) is 25.6 Å². The summed E-state index contributed by atoms with van der Waals surface area (Å²) in [5.74, 6) is -1.23. The number of carbonyl (C=O) groups is 4. The second kappa shape index (κ2) is 17.5. The average molecular weight is 846 g/mol. The first kappa shape index (κ1) is 43.1. The Morgan fingerprint density at radius 1 is 0.726 bits per heavy atom. The number of ether oxygens (including phenoxy) is 3. The summed E-state index contributed by atoms with van der Waals surface area (Å²) in [6.07, 6.45) is 5.14. The van der Waals surface area contributed by atoms with E-state index < -0.39 is 41.3 Å². The molecule has 6 aromatic rings. The number of rotatable bonds is 11. The van der Waals surface area contributed by atoms with Crippen LogP contribution in [0, 0.1) is 0 Å². The van der Waals surface area contributed by atoms with Crippen LogP contribution in [-0.2, 0) is 36.6 Å². The van der Waals surface area contributed by atoms with Gasteiger partial charge in [0.2, 0.25) is 0 Å². The molecule has 0 saturated carbocycles. The molecular formula is C45H51N9O8. The maximum Gasteiger partial charge on any atom is 0.410 e. The number of piperazine rings is 1. The molecular weight excluding hydrogens is 795 g/mol. The zero-order chi connectivity index (χ0) is 44.3. The highest BCUT2D eigenvalue weighted by Crippen LogP contribution is 2.31. The van der Waals surface area contributed by atoms with Gasteiger partial charge >= 0.3 is 18.0 Å². The first-order valence-electron chi connectivity index (χ1n) is 20.3. The highest BCUT2D eigenvalue weighted by Gasteiger charge is 2.31. The summed E-state index contributed by atoms with van der Waals surface area (Å²) in [7, 11) is 1.32. The van der Waals surface area contributed by atoms with E-state index in [9.17, 15) is 24.3 Å². The minimum Gasteiger partial charge on any atom is -0.508 e. The number of hydrogen-bond acceptors (Lipinski definition) is 12. The Morgan fingerprint density at radius 3 is 1.87 bits per heavy atom. The molecule has 1 fully saturated rings. The van der Waals surface area contributed by atoms with Crippen LogP contribution in [0.4, 0.5) is 4.79 Å². The number of H-pyrrole nitrogens is 1. The van der Waals surface area contributed by atoms with Crippen LogP contribution in [-0.4, -0.2) is 118 Å². The number of aromatic hydroxyl groups is 1. The molecule has 62 heavy (non-hydrogen) atoms. The number of nitrogens with zero attached hydrogens (tertiary/aromatic N) is 8. The predicted octanol–water partition coefficient (Wildman–Crippen LogP) is 6.17. The minimum atomic E-state index is -0.919. The molecule has 1 saturated heterocycles. The van der Waals surface area contributed by atoms with Crippen LogP contribution >= 0.6 is 0 Å². The van der Waals surface area contributed by atoms with Gasteiger partial charge in [-0.15, -0.1) is 10.2 Å². The van der Waals surface area contributed by atoms with E-state index in [1.807, 2.05) is 30.5 Å². The number of aromatic nitrogens is 7. The van der Waals surface area contributed by atoms with Crippen LogP contribution in [0.3, 0.4) is 0 Å². The zero-order valence-electron chi connectivity index (χ0n) is 35.9. The highest BCUT2D eigenvalue weighted by atomic mass is 16.6. The molecule has 2 amide bonds. The van der Waals surface area contributed by atoms with Gasteiger partial charge in [-0.2, -0.15) is 0 Å². The van der Waals surface area contributed by atoms with Gasteiger partial charge in [0.1, 0.15) is 28.3 Å². The standard InChI is InChI=1S/C45H51N9O8/c1-44(2,3)61-42(58)38(20-28-12-14-33(55)15-13-28)53-26-36(47-49-53)29-21-30(23-31(22-29)40(56)51-16-18-52(19-17-51)43(59)62-45(4,5)6)37-27-54(50-48-37)39(41(57)60-7)24-32-25-46-35-11-9-8-10-34(32)35/h8-15,21-23,25-27,38-39,46,55H,16-20,24H2,1-7H3/t38-,39+/m1/s1. The Labute approximate surface area is 358 Å². The maximum atomic E-state index is 14.3. The number of phenolic OH excluding ortho intramolecular Hbond substituents is 1. The number of hydrogen-bond donors (Lipinski definition) is 2. The van der Waals surface area contributed by atoms with E-state index in [0.29, 0.717) is 28.1 Å². The molecule has 17 nitrogen and oxygen atoms in total. The molecule has 2 atom stereocenters. The van der Waals surface area contributed by atoms with E-state index in [1.54, 1.807) is 106 Å². The highest BCUT2D eigenvalue weighted by molar-refractivity contribution is 5.97. The largest absolute Gasteiger partial charge is 0.508 e. The van der Waals surface area contributed by atoms with Crippen molar-refractivity contribution < 1.29 is 38.5 Å². The summed E-state index contributed by atoms with van der Waals surface area (Å²) in [6.45, 7) is 11.9. The lowest BCUT2D eigenvalue weighted by atomic mass is 10.0. The molecule has 0 aliphatic carbocycles. The number of amides is 2. The normalized spacial score (nSPS) is 14.4. The number of phenols is 1. The fourth-order valence-corrected chi connectivity index (χ4v) is 7.21. The van der Waals surface area contributed by atoms with Gasteiger partial charge in [-0.25, -0.2) is 23.7 Å². The molecule has 0 unspecified atom stereocenters. The van der Waals surface area contributed by atoms with Gasteiger partial charge in [-0.1, -0.05) is 40.8 Å². The number of aromatic amines is 1. The van der Waals surface area contributed by atoms with Crippen LogP contribution in [0.5, 0.6) is 5.75 Å². The molecule has 1 aliphatic heterocycles. The van der Waals surface area contributed by atoms with Crippen molar-refractivity contribution in [3.63, 3.8) is 0 Å². The van der Waals surface area contributed by atoms with Crippen molar-refractivity contribution in [1.82, 2.24) is 44.8 Å². The summed E-state index contributed by atoms with van der Waals surface area (Å²) in [4.78, 5) is 60.5. The van der Waals surface area contributed by atoms with Crippen molar-refractivity contribution >= 4 is 34.8 Å². The lowest BCUT2D eigenvalue weighted by molar-refractivity contribution is -0.159. The Hall–Kier alpha value is -7.04. The molecule has 1 aliphatic rings. The van der Waals surface area contributed by atoms with E-state index >= 15 is 0 Å². The molecule has 3 aromatic heterocycles. The first-order chi connectivity index (χ1) is 29.4. The van der Waals surface area contributed by atoms with Gasteiger partial charge in [0.25, 0.3) is 5.91 Å². The number of methoxy groups -OCH3 is 1. The quantitative estimate of drug-likeness (QED) is 0.111. The van der Waals surface area contributed by atoms with Gasteiger partial charge in [-0.05, 0) is 89.1 Å². The van der Waals surface area contributed by atoms with Crippen molar-refractivity contribution in [3.05, 3.63) is 102 Å². The van der Waals surface area contributed by atoms with Gasteiger partial charge in [-0.3, -0.25) is 4.79 Å². The third-order valence-electron chi connectivity index (χ3n) is 10.3. The van der Waals surface area contributed by atoms with Crippen molar-refractivity contribution in [2.24, 2.45) is 0 Å². The number of carbonyl (C=O) groups excluding carboxylic acids is 4. The van der Waals surface area contributed by atoms with Gasteiger partial charge < -0.3 is 34.1 Å². The SMILES string of the molecule is COC(=O)[C@H](Cc1c[nH]c2ccccc12)n1cc(-c2cc(C(=O)N3CCN(C(=O)OC(C)(C)C)CC3)cc(-c3cn([C@H](Cc4ccc(O)cc4)C(=O)OC(C)(C)C)nn3)c2)nn1. The Balaban J connectivity index is 1.24. The molecule has 0 spiro atoms. The molecule has 4 heterocycles. The summed E-state index contributed by atoms with van der Waals surface area (Å²) in [5.41, 5.74) is 3.18. The van der Waals surface area contributed by atoms with Crippen molar-refractivity contribution in [2.45, 2.75) is 77.7 Å². The molecule has 2 N–H and O–H groups in total. The number of fused-ring (bicyclic) bond motifs is 1. The van der Waals surface area contributed by atoms with Crippen LogP contribution < -0.4 is 0 Å². The van der Waals surface area contributed by atoms with Crippen LogP contribution in [0.25, 0.3) is 33.4 Å². The van der Waals surface area contributed by atoms with E-state index in [1.165, 1.54) is 16.5 Å².